The van der Waals surface area contributed by atoms with Gasteiger partial charge in [-0.1, -0.05) is 61.3 Å². The number of nitrogens with one attached hydrogen (secondary N) is 2. The zero-order valence-electron chi connectivity index (χ0n) is 54.6. The molecule has 0 radical (unpaired) electrons. The van der Waals surface area contributed by atoms with Crippen LogP contribution in [0.3, 0.4) is 0 Å². The molecule has 4 bridgehead atoms. The summed E-state index contributed by atoms with van der Waals surface area (Å²) in [6.45, 7) is 11.0. The molecular weight excluding hydrogens is 1270 g/mol. The van der Waals surface area contributed by atoms with E-state index in [-0.39, 0.29) is 51.9 Å². The molecule has 8 aliphatic rings. The third-order valence-corrected chi connectivity index (χ3v) is 27.4. The van der Waals surface area contributed by atoms with E-state index in [1.165, 1.54) is 22.3 Å². The van der Waals surface area contributed by atoms with Crippen molar-refractivity contribution in [3.63, 3.8) is 0 Å². The number of amides is 2. The first-order chi connectivity index (χ1) is 44.8. The minimum atomic E-state index is -3.99. The molecule has 4 aliphatic carbocycles. The fourth-order valence-electron chi connectivity index (χ4n) is 16.6. The van der Waals surface area contributed by atoms with Crippen molar-refractivity contribution in [2.45, 2.75) is 137 Å². The van der Waals surface area contributed by atoms with Crippen LogP contribution in [0.5, 0.6) is 11.5 Å². The Bertz CT molecular complexity index is 3950. The van der Waals surface area contributed by atoms with Crippen LogP contribution in [0.15, 0.2) is 122 Å². The van der Waals surface area contributed by atoms with E-state index in [4.69, 9.17) is 32.7 Å². The summed E-state index contributed by atoms with van der Waals surface area (Å²) in [6.07, 6.45) is 25.2. The Kier molecular flexibility index (Phi) is 17.9. The highest BCUT2D eigenvalue weighted by atomic mass is 35.5. The van der Waals surface area contributed by atoms with E-state index in [9.17, 15) is 32.4 Å². The lowest BCUT2D eigenvalue weighted by Crippen LogP contribution is -2.52. The molecule has 4 N–H and O–H groups in total. The number of nitrogens with zero attached hydrogens (tertiary/aromatic N) is 6. The van der Waals surface area contributed by atoms with Gasteiger partial charge in [0.2, 0.25) is 10.0 Å². The molecule has 2 fully saturated rings. The number of aromatic nitrogens is 4. The highest BCUT2D eigenvalue weighted by molar-refractivity contribution is 7.99. The third kappa shape index (κ3) is 12.2. The number of anilines is 2. The van der Waals surface area contributed by atoms with Crippen LogP contribution in [0.2, 0.25) is 10.0 Å². The smallest absolute Gasteiger partial charge is 0.264 e. The summed E-state index contributed by atoms with van der Waals surface area (Å²) in [5.41, 5.74) is 4.05. The standard InChI is InChI=1S/C37H45ClN4O4S.C36H43ClN4O5S/c1-24-7-5-16-37(44,35-39-17-18-41(35)3)31-12-9-28(31)21-42-22-36(15-6-8-26-19-29(38)11-13-30(26)36)23-46-33-14-10-27(20-32(33)42)34(43)40-47(4,45)25(24)2;1-23-6-4-15-36(43,34-38-16-17-40(34)3)30-11-8-27(30)20-41-21-35(14-5-7-25-18-28(37)10-12-29(25)35)22-46-32-13-9-26(19-31(32)41)33(42)39-47(44,45)24(23)2/h5,10-11,13-14,16-20,24-25,28,31,44H,4,6-9,12,15,21-23H2,1-3H3,(H,40,43,45);4,9-10,12-13,15-19,23-24,27,30,43H,5-8,11,14,20-22H2,1-3H3,(H,39,42)/b16-5+;15-4+/t24-,25+,28-,31+,36-,37-,47?;23-,24+,27-,30+,35-,36+/m00/s1. The molecule has 13 atom stereocenters. The zero-order valence-corrected chi connectivity index (χ0v) is 57.8. The normalized spacial score (nSPS) is 33.6. The van der Waals surface area contributed by atoms with Gasteiger partial charge in [-0.3, -0.25) is 14.3 Å². The summed E-state index contributed by atoms with van der Waals surface area (Å²) >= 11 is 12.9. The molecule has 0 saturated heterocycles. The molecule has 6 heterocycles. The molecule has 4 aromatic carbocycles. The number of sulfonamides is 1. The Labute approximate surface area is 563 Å². The largest absolute Gasteiger partial charge is 0.490 e. The minimum absolute atomic E-state index is 0.0624. The monoisotopic (exact) mass is 1350 g/mol. The lowest BCUT2D eigenvalue weighted by atomic mass is 9.63. The number of hydrogen-bond acceptors (Lipinski definition) is 13. The quantitative estimate of drug-likeness (QED) is 0.0940. The minimum Gasteiger partial charge on any atom is -0.490 e. The van der Waals surface area contributed by atoms with Gasteiger partial charge in [0, 0.05) is 114 Å². The summed E-state index contributed by atoms with van der Waals surface area (Å²) in [7, 11) is -3.17. The van der Waals surface area contributed by atoms with Crippen LogP contribution < -0.4 is 28.7 Å². The number of carbonyl (C=O) groups is 2. The number of aliphatic hydroxyl groups is 2. The SMILES string of the molecule is C=S1(=O)NC(=O)c2ccc3c(c2)N(C[C@@H]2CC[C@H]2[C@](O)(c2nccn2C)/C=C/C[C@H](C)[C@H]1C)C[C@@]1(CCCc2cc(Cl)ccc21)CO3.C[C@@H]1[C@@H](C)C/C=C/[C@](O)(c2nccn2C)[C@@H]2CC[C@H]2CN2C[C@@]3(CCCc4cc(Cl)ccc43)COc3ccc(cc32)C(=O)NS1(=O)=O. The summed E-state index contributed by atoms with van der Waals surface area (Å²) in [4.78, 5) is 41.1. The number of rotatable bonds is 2. The summed E-state index contributed by atoms with van der Waals surface area (Å²) in [6, 6.07) is 23.1. The average Bonchev–Trinajstić information content (AvgIpc) is 1.40. The molecule has 21 heteroatoms. The van der Waals surface area contributed by atoms with Gasteiger partial charge in [0.1, 0.15) is 34.3 Å². The summed E-state index contributed by atoms with van der Waals surface area (Å²) in [5, 5.41) is 25.3. The highest BCUT2D eigenvalue weighted by Gasteiger charge is 2.53. The maximum Gasteiger partial charge on any atom is 0.264 e. The molecule has 2 saturated carbocycles. The Balaban J connectivity index is 0.000000171. The Morgan fingerprint density at radius 2 is 1.05 bits per heavy atom. The molecule has 14 rings (SSSR count). The fraction of sp³-hybridized carbons (Fsp3) is 0.493. The van der Waals surface area contributed by atoms with Crippen LogP contribution in [-0.2, 0) is 68.7 Å². The Hall–Kier alpha value is -6.61. The van der Waals surface area contributed by atoms with Gasteiger partial charge >= 0.3 is 0 Å². The van der Waals surface area contributed by atoms with Gasteiger partial charge in [0.15, 0.2) is 0 Å². The van der Waals surface area contributed by atoms with E-state index in [0.29, 0.717) is 80.9 Å². The van der Waals surface area contributed by atoms with Crippen molar-refractivity contribution in [1.82, 2.24) is 28.5 Å². The molecule has 4 aliphatic heterocycles. The van der Waals surface area contributed by atoms with E-state index >= 15 is 0 Å². The van der Waals surface area contributed by atoms with Gasteiger partial charge in [0.05, 0.1) is 39.5 Å². The molecule has 2 amide bonds. The molecule has 6 aromatic rings. The van der Waals surface area contributed by atoms with Gasteiger partial charge in [-0.05, 0) is 216 Å². The maximum atomic E-state index is 13.9. The maximum absolute atomic E-state index is 13.9. The molecule has 2 spiro atoms. The van der Waals surface area contributed by atoms with Gasteiger partial charge in [-0.15, -0.1) is 0 Å². The van der Waals surface area contributed by atoms with E-state index in [1.54, 1.807) is 43.6 Å². The van der Waals surface area contributed by atoms with Crippen LogP contribution in [-0.4, -0.2) is 110 Å². The lowest BCUT2D eigenvalue weighted by molar-refractivity contribution is -0.0579. The van der Waals surface area contributed by atoms with Gasteiger partial charge in [-0.25, -0.2) is 27.3 Å². The third-order valence-electron chi connectivity index (χ3n) is 22.8. The number of imidazole rings is 2. The van der Waals surface area contributed by atoms with Crippen LogP contribution in [0, 0.1) is 35.5 Å². The number of allylic oxidation sites excluding steroid dienone is 2. The van der Waals surface area contributed by atoms with Crippen LogP contribution >= 0.6 is 23.2 Å². The van der Waals surface area contributed by atoms with Crippen molar-refractivity contribution >= 4 is 72.0 Å². The number of hydrogen-bond donors (Lipinski definition) is 4. The van der Waals surface area contributed by atoms with Crippen molar-refractivity contribution in [3.05, 3.63) is 177 Å². The van der Waals surface area contributed by atoms with Gasteiger partial charge in [0.25, 0.3) is 11.8 Å². The second-order valence-electron chi connectivity index (χ2n) is 28.6. The number of halogens is 2. The number of benzene rings is 4. The molecule has 17 nitrogen and oxygen atoms in total. The predicted octanol–water partition coefficient (Wildman–Crippen LogP) is 11.3. The molecule has 500 valence electrons. The van der Waals surface area contributed by atoms with Gasteiger partial charge in [-0.2, -0.15) is 0 Å². The Morgan fingerprint density at radius 1 is 0.606 bits per heavy atom. The number of aryl methyl sites for hydroxylation is 4. The van der Waals surface area contributed by atoms with Crippen molar-refractivity contribution in [2.24, 2.45) is 49.6 Å². The second-order valence-corrected chi connectivity index (χ2v) is 33.9. The highest BCUT2D eigenvalue weighted by Crippen LogP contribution is 2.53. The topological polar surface area (TPSA) is 210 Å². The van der Waals surface area contributed by atoms with Crippen molar-refractivity contribution in [1.29, 1.82) is 0 Å². The predicted molar refractivity (Wildman–Crippen MR) is 371 cm³/mol. The Morgan fingerprint density at radius 3 is 1.48 bits per heavy atom. The molecule has 94 heavy (non-hydrogen) atoms. The number of fused-ring (bicyclic) bond motifs is 8. The summed E-state index contributed by atoms with van der Waals surface area (Å²) in [5.74, 6) is 5.23. The van der Waals surface area contributed by atoms with Crippen LogP contribution in [0.4, 0.5) is 11.4 Å². The zero-order chi connectivity index (χ0) is 66.3. The van der Waals surface area contributed by atoms with Gasteiger partial charge < -0.3 is 38.6 Å². The summed E-state index contributed by atoms with van der Waals surface area (Å²) < 4.78 is 62.8. The molecular formula is C73H88Cl2N8O9S2. The molecule has 2 aromatic heterocycles. The number of carbonyl (C=O) groups excluding carboxylic acids is 2. The van der Waals surface area contributed by atoms with Crippen molar-refractivity contribution < 1.29 is 41.9 Å². The number of ether oxygens (including phenoxy) is 2. The van der Waals surface area contributed by atoms with E-state index < -0.39 is 53.2 Å². The van der Waals surface area contributed by atoms with Crippen LogP contribution in [0.25, 0.3) is 0 Å². The first kappa shape index (κ1) is 66.0. The van der Waals surface area contributed by atoms with Crippen molar-refractivity contribution in [3.8, 4) is 11.5 Å². The lowest BCUT2D eigenvalue weighted by Gasteiger charge is -2.48. The van der Waals surface area contributed by atoms with Crippen LogP contribution in [0.1, 0.15) is 147 Å². The second kappa shape index (κ2) is 25.4. The average molecular weight is 1360 g/mol. The van der Waals surface area contributed by atoms with E-state index in [1.807, 2.05) is 105 Å². The van der Waals surface area contributed by atoms with E-state index in [2.05, 4.69) is 59.3 Å². The van der Waals surface area contributed by atoms with Crippen molar-refractivity contribution in [2.75, 3.05) is 49.2 Å². The first-order valence-corrected chi connectivity index (χ1v) is 37.5. The van der Waals surface area contributed by atoms with E-state index in [0.717, 1.165) is 85.6 Å². The first-order valence-electron chi connectivity index (χ1n) is 33.4. The molecule has 1 unspecified atom stereocenters. The fourth-order valence-corrected chi connectivity index (χ4v) is 19.8.